The van der Waals surface area contributed by atoms with Crippen molar-refractivity contribution in [3.63, 3.8) is 0 Å². The lowest BCUT2D eigenvalue weighted by atomic mass is 10.1. The standard InChI is InChI=1S/C20H13F4N3OS/c21-14-3-1-11(2-4-14)15-8-12-7-13(9-25-18(12)27-15)16-5-6-17(29-16)19(28)26-10-20(22,23)24/h1-9H,10H2,(H,25,27)(H,26,28). The SMILES string of the molecule is O=C(NCC(F)(F)F)c1ccc(-c2cnc3[nH]c(-c4ccc(F)cc4)cc3c2)s1. The van der Waals surface area contributed by atoms with Crippen LogP contribution in [0.3, 0.4) is 0 Å². The monoisotopic (exact) mass is 419 g/mol. The molecule has 0 bridgehead atoms. The van der Waals surface area contributed by atoms with E-state index in [0.717, 1.165) is 33.5 Å². The van der Waals surface area contributed by atoms with Crippen LogP contribution < -0.4 is 5.32 Å². The second-order valence-corrected chi connectivity index (χ2v) is 7.40. The molecule has 0 aliphatic carbocycles. The highest BCUT2D eigenvalue weighted by molar-refractivity contribution is 7.17. The van der Waals surface area contributed by atoms with Crippen molar-refractivity contribution in [3.8, 4) is 21.7 Å². The van der Waals surface area contributed by atoms with Crippen LogP contribution >= 0.6 is 11.3 Å². The summed E-state index contributed by atoms with van der Waals surface area (Å²) in [5.41, 5.74) is 2.98. The Morgan fingerprint density at radius 1 is 1.07 bits per heavy atom. The highest BCUT2D eigenvalue weighted by atomic mass is 32.1. The Labute approximate surface area is 166 Å². The lowest BCUT2D eigenvalue weighted by Gasteiger charge is -2.06. The first-order chi connectivity index (χ1) is 13.8. The zero-order valence-electron chi connectivity index (χ0n) is 14.7. The molecule has 0 fully saturated rings. The fourth-order valence-electron chi connectivity index (χ4n) is 2.82. The number of amides is 1. The number of thiophene rings is 1. The van der Waals surface area contributed by atoms with E-state index in [1.165, 1.54) is 18.2 Å². The van der Waals surface area contributed by atoms with Gasteiger partial charge < -0.3 is 10.3 Å². The Bertz CT molecular complexity index is 1180. The minimum atomic E-state index is -4.46. The first-order valence-corrected chi connectivity index (χ1v) is 9.30. The molecular weight excluding hydrogens is 406 g/mol. The number of aromatic nitrogens is 2. The van der Waals surface area contributed by atoms with Crippen LogP contribution in [0, 0.1) is 5.82 Å². The number of alkyl halides is 3. The number of nitrogens with zero attached hydrogens (tertiary/aromatic N) is 1. The molecular formula is C20H13F4N3OS. The first kappa shape index (κ1) is 19.1. The van der Waals surface area contributed by atoms with E-state index in [2.05, 4.69) is 9.97 Å². The van der Waals surface area contributed by atoms with Crippen molar-refractivity contribution in [2.45, 2.75) is 6.18 Å². The topological polar surface area (TPSA) is 57.8 Å². The summed E-state index contributed by atoms with van der Waals surface area (Å²) in [7, 11) is 0. The van der Waals surface area contributed by atoms with Crippen molar-refractivity contribution in [2.75, 3.05) is 6.54 Å². The summed E-state index contributed by atoms with van der Waals surface area (Å²) in [5, 5.41) is 2.68. The van der Waals surface area contributed by atoms with E-state index >= 15 is 0 Å². The van der Waals surface area contributed by atoms with Gasteiger partial charge in [0.1, 0.15) is 18.0 Å². The Morgan fingerprint density at radius 3 is 2.55 bits per heavy atom. The molecule has 0 atom stereocenters. The van der Waals surface area contributed by atoms with Crippen molar-refractivity contribution in [2.24, 2.45) is 0 Å². The molecule has 4 rings (SSSR count). The molecule has 0 saturated heterocycles. The molecule has 9 heteroatoms. The molecule has 29 heavy (non-hydrogen) atoms. The van der Waals surface area contributed by atoms with Crippen LogP contribution in [0.4, 0.5) is 17.6 Å². The predicted molar refractivity (Wildman–Crippen MR) is 103 cm³/mol. The van der Waals surface area contributed by atoms with Crippen LogP contribution in [0.25, 0.3) is 32.7 Å². The van der Waals surface area contributed by atoms with Gasteiger partial charge in [-0.2, -0.15) is 13.2 Å². The maximum Gasteiger partial charge on any atom is 0.405 e. The van der Waals surface area contributed by atoms with Gasteiger partial charge in [0, 0.05) is 27.7 Å². The Kier molecular flexibility index (Phi) is 4.83. The molecule has 3 aromatic heterocycles. The highest BCUT2D eigenvalue weighted by Gasteiger charge is 2.28. The third-order valence-corrected chi connectivity index (χ3v) is 5.32. The largest absolute Gasteiger partial charge is 0.405 e. The maximum atomic E-state index is 13.1. The third kappa shape index (κ3) is 4.29. The fourth-order valence-corrected chi connectivity index (χ4v) is 3.72. The molecule has 2 N–H and O–H groups in total. The smallest absolute Gasteiger partial charge is 0.342 e. The number of rotatable bonds is 4. The molecule has 0 saturated carbocycles. The number of halogens is 4. The number of H-pyrrole nitrogens is 1. The summed E-state index contributed by atoms with van der Waals surface area (Å²) in [6.07, 6.45) is -2.84. The molecule has 1 amide bonds. The van der Waals surface area contributed by atoms with E-state index in [9.17, 15) is 22.4 Å². The van der Waals surface area contributed by atoms with E-state index in [0.29, 0.717) is 10.5 Å². The van der Waals surface area contributed by atoms with Crippen LogP contribution in [0.15, 0.2) is 54.7 Å². The van der Waals surface area contributed by atoms with E-state index < -0.39 is 18.6 Å². The molecule has 0 unspecified atom stereocenters. The molecule has 1 aromatic carbocycles. The van der Waals surface area contributed by atoms with Gasteiger partial charge in [0.05, 0.1) is 4.88 Å². The van der Waals surface area contributed by atoms with E-state index in [1.54, 1.807) is 24.4 Å². The zero-order chi connectivity index (χ0) is 20.6. The number of hydrogen-bond acceptors (Lipinski definition) is 3. The van der Waals surface area contributed by atoms with Crippen LogP contribution in [0.2, 0.25) is 0 Å². The molecule has 0 aliphatic rings. The number of benzene rings is 1. The number of pyridine rings is 1. The van der Waals surface area contributed by atoms with Crippen molar-refractivity contribution in [1.82, 2.24) is 15.3 Å². The van der Waals surface area contributed by atoms with Gasteiger partial charge in [-0.3, -0.25) is 4.79 Å². The number of carbonyl (C=O) groups excluding carboxylic acids is 1. The quantitative estimate of drug-likeness (QED) is 0.436. The molecule has 0 spiro atoms. The number of fused-ring (bicyclic) bond motifs is 1. The van der Waals surface area contributed by atoms with E-state index in [4.69, 9.17) is 0 Å². The van der Waals surface area contributed by atoms with Gasteiger partial charge in [0.25, 0.3) is 5.91 Å². The predicted octanol–water partition coefficient (Wildman–Crippen LogP) is 5.39. The van der Waals surface area contributed by atoms with Gasteiger partial charge in [0.15, 0.2) is 0 Å². The third-order valence-electron chi connectivity index (χ3n) is 4.19. The number of nitrogens with one attached hydrogen (secondary N) is 2. The number of hydrogen-bond donors (Lipinski definition) is 2. The van der Waals surface area contributed by atoms with E-state index in [1.807, 2.05) is 17.4 Å². The maximum absolute atomic E-state index is 13.1. The number of carbonyl (C=O) groups is 1. The van der Waals surface area contributed by atoms with Gasteiger partial charge in [-0.1, -0.05) is 0 Å². The van der Waals surface area contributed by atoms with Crippen molar-refractivity contribution >= 4 is 28.3 Å². The van der Waals surface area contributed by atoms with Crippen LogP contribution in [0.5, 0.6) is 0 Å². The summed E-state index contributed by atoms with van der Waals surface area (Å²) >= 11 is 1.09. The average Bonchev–Trinajstić information content (AvgIpc) is 3.32. The first-order valence-electron chi connectivity index (χ1n) is 8.48. The molecule has 148 valence electrons. The van der Waals surface area contributed by atoms with Gasteiger partial charge in [-0.15, -0.1) is 11.3 Å². The molecule has 4 aromatic rings. The van der Waals surface area contributed by atoms with Crippen LogP contribution in [-0.4, -0.2) is 28.6 Å². The van der Waals surface area contributed by atoms with Gasteiger partial charge >= 0.3 is 6.18 Å². The Balaban J connectivity index is 1.58. The molecule has 3 heterocycles. The zero-order valence-corrected chi connectivity index (χ0v) is 15.5. The summed E-state index contributed by atoms with van der Waals surface area (Å²) in [6, 6.07) is 13.0. The van der Waals surface area contributed by atoms with Crippen LogP contribution in [0.1, 0.15) is 9.67 Å². The Morgan fingerprint density at radius 2 is 1.83 bits per heavy atom. The summed E-state index contributed by atoms with van der Waals surface area (Å²) < 4.78 is 49.9. The highest BCUT2D eigenvalue weighted by Crippen LogP contribution is 2.31. The second kappa shape index (κ2) is 7.32. The van der Waals surface area contributed by atoms with Gasteiger partial charge in [-0.05, 0) is 54.1 Å². The minimum Gasteiger partial charge on any atom is -0.342 e. The van der Waals surface area contributed by atoms with Gasteiger partial charge in [0.2, 0.25) is 0 Å². The summed E-state index contributed by atoms with van der Waals surface area (Å²) in [5.74, 6) is -1.09. The lowest BCUT2D eigenvalue weighted by molar-refractivity contribution is -0.123. The molecule has 0 radical (unpaired) electrons. The van der Waals surface area contributed by atoms with Crippen molar-refractivity contribution in [3.05, 3.63) is 65.4 Å². The number of aromatic amines is 1. The molecule has 4 nitrogen and oxygen atoms in total. The fraction of sp³-hybridized carbons (Fsp3) is 0.100. The minimum absolute atomic E-state index is 0.186. The summed E-state index contributed by atoms with van der Waals surface area (Å²) in [4.78, 5) is 20.3. The van der Waals surface area contributed by atoms with E-state index in [-0.39, 0.29) is 10.7 Å². The second-order valence-electron chi connectivity index (χ2n) is 6.31. The normalized spacial score (nSPS) is 11.7. The van der Waals surface area contributed by atoms with Crippen LogP contribution in [-0.2, 0) is 0 Å². The van der Waals surface area contributed by atoms with Crippen molar-refractivity contribution in [1.29, 1.82) is 0 Å². The Hall–Kier alpha value is -3.20. The summed E-state index contributed by atoms with van der Waals surface area (Å²) in [6.45, 7) is -1.37. The molecule has 0 aliphatic heterocycles. The van der Waals surface area contributed by atoms with Gasteiger partial charge in [-0.25, -0.2) is 9.37 Å². The van der Waals surface area contributed by atoms with Crippen molar-refractivity contribution < 1.29 is 22.4 Å². The average molecular weight is 419 g/mol. The lowest BCUT2D eigenvalue weighted by Crippen LogP contribution is -2.33.